The Morgan fingerprint density at radius 2 is 2.17 bits per heavy atom. The van der Waals surface area contributed by atoms with E-state index in [0.29, 0.717) is 18.1 Å². The van der Waals surface area contributed by atoms with Crippen molar-refractivity contribution in [2.75, 3.05) is 6.54 Å². The first-order valence-corrected chi connectivity index (χ1v) is 8.09. The van der Waals surface area contributed by atoms with E-state index in [1.807, 2.05) is 38.1 Å². The standard InChI is InChI=1S/C17H24N4O2/c1-12-7-6-8-14(11-12)16-20-17(23-21-16)13(2)19-15(22)9-4-3-5-10-18/h6-8,11,13H,3-5,9-10,18H2,1-2H3,(H,19,22)/p+1/t13-/m0/s1. The van der Waals surface area contributed by atoms with E-state index < -0.39 is 0 Å². The molecule has 1 aromatic heterocycles. The quantitative estimate of drug-likeness (QED) is 0.728. The van der Waals surface area contributed by atoms with Gasteiger partial charge in [0, 0.05) is 12.0 Å². The molecule has 0 radical (unpaired) electrons. The molecule has 0 bridgehead atoms. The maximum absolute atomic E-state index is 11.9. The second-order valence-electron chi connectivity index (χ2n) is 5.78. The molecule has 1 atom stereocenters. The Balaban J connectivity index is 1.91. The van der Waals surface area contributed by atoms with Gasteiger partial charge in [-0.2, -0.15) is 4.98 Å². The number of nitrogens with one attached hydrogen (secondary N) is 1. The number of nitrogens with zero attached hydrogens (tertiary/aromatic N) is 2. The van der Waals surface area contributed by atoms with Crippen molar-refractivity contribution in [2.45, 2.75) is 45.6 Å². The van der Waals surface area contributed by atoms with Gasteiger partial charge in [-0.25, -0.2) is 0 Å². The van der Waals surface area contributed by atoms with Crippen LogP contribution in [0.1, 0.15) is 50.1 Å². The first-order valence-electron chi connectivity index (χ1n) is 8.09. The number of quaternary nitrogens is 1. The van der Waals surface area contributed by atoms with Crippen LogP contribution in [0.15, 0.2) is 28.8 Å². The summed E-state index contributed by atoms with van der Waals surface area (Å²) in [6, 6.07) is 7.62. The van der Waals surface area contributed by atoms with Crippen molar-refractivity contribution in [1.29, 1.82) is 0 Å². The highest BCUT2D eigenvalue weighted by molar-refractivity contribution is 5.76. The van der Waals surface area contributed by atoms with E-state index in [1.165, 1.54) is 0 Å². The molecule has 6 heteroatoms. The molecule has 2 rings (SSSR count). The summed E-state index contributed by atoms with van der Waals surface area (Å²) in [4.78, 5) is 16.3. The lowest BCUT2D eigenvalue weighted by Gasteiger charge is -2.09. The van der Waals surface area contributed by atoms with Crippen LogP contribution in [0.5, 0.6) is 0 Å². The lowest BCUT2D eigenvalue weighted by atomic mass is 10.1. The van der Waals surface area contributed by atoms with Gasteiger partial charge in [0.2, 0.25) is 17.6 Å². The van der Waals surface area contributed by atoms with Crippen LogP contribution in [-0.2, 0) is 4.79 Å². The number of unbranched alkanes of at least 4 members (excludes halogenated alkanes) is 2. The molecule has 0 aliphatic carbocycles. The highest BCUT2D eigenvalue weighted by atomic mass is 16.5. The van der Waals surface area contributed by atoms with Crippen LogP contribution in [0.2, 0.25) is 0 Å². The van der Waals surface area contributed by atoms with Crippen molar-refractivity contribution in [3.63, 3.8) is 0 Å². The Morgan fingerprint density at radius 3 is 2.91 bits per heavy atom. The molecule has 0 aliphatic rings. The molecule has 0 fully saturated rings. The Morgan fingerprint density at radius 1 is 1.35 bits per heavy atom. The summed E-state index contributed by atoms with van der Waals surface area (Å²) in [6.07, 6.45) is 3.49. The smallest absolute Gasteiger partial charge is 0.249 e. The summed E-state index contributed by atoms with van der Waals surface area (Å²) in [5.41, 5.74) is 5.84. The molecule has 0 unspecified atom stereocenters. The second kappa shape index (κ2) is 8.43. The molecular formula is C17H25N4O2+. The van der Waals surface area contributed by atoms with Crippen LogP contribution in [0.3, 0.4) is 0 Å². The number of hydrogen-bond acceptors (Lipinski definition) is 4. The number of rotatable bonds is 8. The Bertz CT molecular complexity index is 639. The first-order chi connectivity index (χ1) is 11.1. The SMILES string of the molecule is Cc1cccc(-c2noc([C@H](C)NC(=O)CCCCC[NH3+])n2)c1. The molecule has 1 amide bonds. The number of hydrogen-bond donors (Lipinski definition) is 2. The molecule has 4 N–H and O–H groups in total. The zero-order valence-corrected chi connectivity index (χ0v) is 13.8. The maximum Gasteiger partial charge on any atom is 0.249 e. The number of benzene rings is 1. The minimum atomic E-state index is -0.290. The lowest BCUT2D eigenvalue weighted by Crippen LogP contribution is -2.50. The molecule has 124 valence electrons. The summed E-state index contributed by atoms with van der Waals surface area (Å²) in [7, 11) is 0. The van der Waals surface area contributed by atoms with E-state index in [1.54, 1.807) is 0 Å². The predicted molar refractivity (Wildman–Crippen MR) is 87.3 cm³/mol. The normalized spacial score (nSPS) is 12.1. The van der Waals surface area contributed by atoms with Crippen LogP contribution in [0.25, 0.3) is 11.4 Å². The number of carbonyl (C=O) groups excluding carboxylic acids is 1. The van der Waals surface area contributed by atoms with Crippen molar-refractivity contribution in [3.05, 3.63) is 35.7 Å². The zero-order chi connectivity index (χ0) is 16.7. The summed E-state index contributed by atoms with van der Waals surface area (Å²) < 4.78 is 5.28. The van der Waals surface area contributed by atoms with Gasteiger partial charge in [-0.3, -0.25) is 4.79 Å². The minimum Gasteiger partial charge on any atom is -0.358 e. The second-order valence-corrected chi connectivity index (χ2v) is 5.78. The van der Waals surface area contributed by atoms with Crippen LogP contribution < -0.4 is 11.1 Å². The van der Waals surface area contributed by atoms with Gasteiger partial charge < -0.3 is 15.6 Å². The van der Waals surface area contributed by atoms with Crippen molar-refractivity contribution in [2.24, 2.45) is 0 Å². The highest BCUT2D eigenvalue weighted by Gasteiger charge is 2.17. The third-order valence-corrected chi connectivity index (χ3v) is 3.62. The summed E-state index contributed by atoms with van der Waals surface area (Å²) >= 11 is 0. The van der Waals surface area contributed by atoms with Gasteiger partial charge in [-0.05, 0) is 39.2 Å². The van der Waals surface area contributed by atoms with Crippen molar-refractivity contribution < 1.29 is 15.1 Å². The molecule has 0 saturated carbocycles. The fourth-order valence-corrected chi connectivity index (χ4v) is 2.33. The minimum absolute atomic E-state index is 0.0110. The third kappa shape index (κ3) is 5.17. The number of amides is 1. The van der Waals surface area contributed by atoms with E-state index in [9.17, 15) is 4.79 Å². The van der Waals surface area contributed by atoms with Crippen molar-refractivity contribution in [3.8, 4) is 11.4 Å². The van der Waals surface area contributed by atoms with E-state index >= 15 is 0 Å². The van der Waals surface area contributed by atoms with E-state index in [0.717, 1.165) is 36.9 Å². The first kappa shape index (κ1) is 17.1. The van der Waals surface area contributed by atoms with Crippen LogP contribution in [-0.4, -0.2) is 22.6 Å². The van der Waals surface area contributed by atoms with Crippen molar-refractivity contribution in [1.82, 2.24) is 15.5 Å². The number of aryl methyl sites for hydroxylation is 1. The summed E-state index contributed by atoms with van der Waals surface area (Å²) in [5.74, 6) is 0.977. The van der Waals surface area contributed by atoms with E-state index in [2.05, 4.69) is 21.2 Å². The van der Waals surface area contributed by atoms with Gasteiger partial charge in [0.05, 0.1) is 6.54 Å². The zero-order valence-electron chi connectivity index (χ0n) is 13.8. The molecule has 0 saturated heterocycles. The Hall–Kier alpha value is -2.21. The highest BCUT2D eigenvalue weighted by Crippen LogP contribution is 2.19. The molecular weight excluding hydrogens is 292 g/mol. The fraction of sp³-hybridized carbons (Fsp3) is 0.471. The monoisotopic (exact) mass is 317 g/mol. The average Bonchev–Trinajstić information content (AvgIpc) is 3.02. The van der Waals surface area contributed by atoms with Crippen molar-refractivity contribution >= 4 is 5.91 Å². The van der Waals surface area contributed by atoms with Gasteiger partial charge >= 0.3 is 0 Å². The summed E-state index contributed by atoms with van der Waals surface area (Å²) in [5, 5.41) is 6.90. The largest absolute Gasteiger partial charge is 0.358 e. The third-order valence-electron chi connectivity index (χ3n) is 3.62. The topological polar surface area (TPSA) is 95.7 Å². The Kier molecular flexibility index (Phi) is 6.29. The predicted octanol–water partition coefficient (Wildman–Crippen LogP) is 2.02. The van der Waals surface area contributed by atoms with Crippen LogP contribution in [0.4, 0.5) is 0 Å². The lowest BCUT2D eigenvalue weighted by molar-refractivity contribution is -0.368. The molecule has 1 aromatic carbocycles. The molecule has 6 nitrogen and oxygen atoms in total. The number of carbonyl (C=O) groups is 1. The van der Waals surface area contributed by atoms with Gasteiger partial charge in [-0.1, -0.05) is 28.9 Å². The van der Waals surface area contributed by atoms with Gasteiger partial charge in [0.1, 0.15) is 6.04 Å². The van der Waals surface area contributed by atoms with Gasteiger partial charge in [-0.15, -0.1) is 0 Å². The van der Waals surface area contributed by atoms with Crippen LogP contribution >= 0.6 is 0 Å². The molecule has 23 heavy (non-hydrogen) atoms. The summed E-state index contributed by atoms with van der Waals surface area (Å²) in [6.45, 7) is 4.78. The molecule has 2 aromatic rings. The number of aromatic nitrogens is 2. The van der Waals surface area contributed by atoms with Crippen LogP contribution in [0, 0.1) is 6.92 Å². The fourth-order valence-electron chi connectivity index (χ4n) is 2.33. The Labute approximate surface area is 136 Å². The van der Waals surface area contributed by atoms with Gasteiger partial charge in [0.25, 0.3) is 0 Å². The molecule has 1 heterocycles. The van der Waals surface area contributed by atoms with E-state index in [4.69, 9.17) is 4.52 Å². The van der Waals surface area contributed by atoms with Gasteiger partial charge in [0.15, 0.2) is 0 Å². The van der Waals surface area contributed by atoms with E-state index in [-0.39, 0.29) is 11.9 Å². The molecule has 0 aliphatic heterocycles. The average molecular weight is 317 g/mol. The maximum atomic E-state index is 11.9. The molecule has 0 spiro atoms.